The number of carbonyl (C=O) groups is 1. The van der Waals surface area contributed by atoms with Crippen LogP contribution >= 0.6 is 0 Å². The Labute approximate surface area is 124 Å². The molecule has 0 N–H and O–H groups in total. The second-order valence-electron chi connectivity index (χ2n) is 5.16. The molecule has 0 amide bonds. The summed E-state index contributed by atoms with van der Waals surface area (Å²) in [4.78, 5) is 24.1. The lowest BCUT2D eigenvalue weighted by molar-refractivity contribution is 0.0523. The third-order valence-electron chi connectivity index (χ3n) is 3.16. The van der Waals surface area contributed by atoms with Crippen LogP contribution in [0.1, 0.15) is 41.5 Å². The van der Waals surface area contributed by atoms with E-state index >= 15 is 0 Å². The third-order valence-corrected chi connectivity index (χ3v) is 4.25. The Kier molecular flexibility index (Phi) is 5.33. The first-order valence-corrected chi connectivity index (χ1v) is 8.72. The number of ether oxygens (including phenoxy) is 1. The van der Waals surface area contributed by atoms with Gasteiger partial charge in [-0.1, -0.05) is 0 Å². The number of carbonyl (C=O) groups excluding carboxylic acids is 1. The first kappa shape index (κ1) is 17.4. The summed E-state index contributed by atoms with van der Waals surface area (Å²) in [6.07, 6.45) is 1.12. The zero-order valence-electron chi connectivity index (χ0n) is 13.0. The number of aromatic nitrogens is 1. The van der Waals surface area contributed by atoms with Crippen molar-refractivity contribution in [2.24, 2.45) is 0 Å². The smallest absolute Gasteiger partial charge is 0.340 e. The van der Waals surface area contributed by atoms with E-state index < -0.39 is 21.8 Å². The molecular weight excluding hydrogens is 294 g/mol. The molecule has 1 atom stereocenters. The number of sulfone groups is 1. The number of rotatable bonds is 5. The van der Waals surface area contributed by atoms with E-state index in [2.05, 4.69) is 0 Å². The SMILES string of the molecule is CCOC(=O)c1c(C)cc(=O)n(C(C)CS(C)(=O)=O)c1C. The predicted molar refractivity (Wildman–Crippen MR) is 80.6 cm³/mol. The van der Waals surface area contributed by atoms with E-state index in [1.54, 1.807) is 27.7 Å². The van der Waals surface area contributed by atoms with Crippen LogP contribution in [0.4, 0.5) is 0 Å². The van der Waals surface area contributed by atoms with Crippen LogP contribution < -0.4 is 5.56 Å². The Hall–Kier alpha value is -1.63. The van der Waals surface area contributed by atoms with Crippen molar-refractivity contribution in [2.75, 3.05) is 18.6 Å². The van der Waals surface area contributed by atoms with Crippen molar-refractivity contribution in [3.63, 3.8) is 0 Å². The minimum absolute atomic E-state index is 0.168. The summed E-state index contributed by atoms with van der Waals surface area (Å²) < 4.78 is 29.2. The quantitative estimate of drug-likeness (QED) is 0.764. The fourth-order valence-electron chi connectivity index (χ4n) is 2.47. The highest BCUT2D eigenvalue weighted by molar-refractivity contribution is 7.90. The van der Waals surface area contributed by atoms with Gasteiger partial charge in [0.1, 0.15) is 9.84 Å². The van der Waals surface area contributed by atoms with Crippen LogP contribution in [0.25, 0.3) is 0 Å². The summed E-state index contributed by atoms with van der Waals surface area (Å²) in [7, 11) is -3.23. The second-order valence-corrected chi connectivity index (χ2v) is 7.34. The average molecular weight is 315 g/mol. The molecule has 0 radical (unpaired) electrons. The highest BCUT2D eigenvalue weighted by Crippen LogP contribution is 2.17. The van der Waals surface area contributed by atoms with Crippen molar-refractivity contribution in [3.8, 4) is 0 Å². The zero-order valence-corrected chi connectivity index (χ0v) is 13.8. The molecule has 21 heavy (non-hydrogen) atoms. The second kappa shape index (κ2) is 6.43. The summed E-state index contributed by atoms with van der Waals surface area (Å²) in [6, 6.07) is 0.777. The summed E-state index contributed by atoms with van der Waals surface area (Å²) in [5.41, 5.74) is 0.944. The molecule has 0 saturated heterocycles. The van der Waals surface area contributed by atoms with E-state index in [9.17, 15) is 18.0 Å². The highest BCUT2D eigenvalue weighted by atomic mass is 32.2. The molecule has 0 aromatic carbocycles. The van der Waals surface area contributed by atoms with E-state index in [4.69, 9.17) is 4.74 Å². The Bertz CT molecular complexity index is 703. The van der Waals surface area contributed by atoms with Crippen molar-refractivity contribution in [2.45, 2.75) is 33.7 Å². The van der Waals surface area contributed by atoms with Gasteiger partial charge in [0.2, 0.25) is 0 Å². The number of aryl methyl sites for hydroxylation is 1. The molecule has 0 aliphatic carbocycles. The predicted octanol–water partition coefficient (Wildman–Crippen LogP) is 1.25. The lowest BCUT2D eigenvalue weighted by Gasteiger charge is -2.20. The van der Waals surface area contributed by atoms with Gasteiger partial charge in [-0.25, -0.2) is 13.2 Å². The van der Waals surface area contributed by atoms with Crippen molar-refractivity contribution < 1.29 is 17.9 Å². The summed E-state index contributed by atoms with van der Waals surface area (Å²) in [5, 5.41) is 0. The molecule has 0 fully saturated rings. The minimum atomic E-state index is -3.23. The maximum atomic E-state index is 12.1. The molecule has 7 heteroatoms. The summed E-state index contributed by atoms with van der Waals surface area (Å²) in [5.74, 6) is -0.674. The van der Waals surface area contributed by atoms with Crippen LogP contribution in [0.3, 0.4) is 0 Å². The Morgan fingerprint density at radius 2 is 1.95 bits per heavy atom. The molecule has 0 aliphatic rings. The van der Waals surface area contributed by atoms with Crippen LogP contribution in [0.5, 0.6) is 0 Å². The zero-order chi connectivity index (χ0) is 16.4. The summed E-state index contributed by atoms with van der Waals surface area (Å²) >= 11 is 0. The lowest BCUT2D eigenvalue weighted by Crippen LogP contribution is -2.31. The lowest BCUT2D eigenvalue weighted by atomic mass is 10.1. The van der Waals surface area contributed by atoms with Crippen molar-refractivity contribution >= 4 is 15.8 Å². The van der Waals surface area contributed by atoms with Crippen LogP contribution in [0.2, 0.25) is 0 Å². The van der Waals surface area contributed by atoms with E-state index in [1.807, 2.05) is 0 Å². The molecule has 0 aliphatic heterocycles. The van der Waals surface area contributed by atoms with E-state index in [0.29, 0.717) is 16.8 Å². The molecule has 1 unspecified atom stereocenters. The van der Waals surface area contributed by atoms with Gasteiger partial charge in [0.25, 0.3) is 5.56 Å². The van der Waals surface area contributed by atoms with Gasteiger partial charge < -0.3 is 9.30 Å². The maximum absolute atomic E-state index is 12.1. The van der Waals surface area contributed by atoms with E-state index in [0.717, 1.165) is 6.26 Å². The van der Waals surface area contributed by atoms with Crippen molar-refractivity contribution in [1.29, 1.82) is 0 Å². The monoisotopic (exact) mass is 315 g/mol. The fourth-order valence-corrected chi connectivity index (χ4v) is 3.50. The van der Waals surface area contributed by atoms with Gasteiger partial charge in [-0.05, 0) is 33.3 Å². The normalized spacial score (nSPS) is 13.0. The average Bonchev–Trinajstić information content (AvgIpc) is 2.25. The highest BCUT2D eigenvalue weighted by Gasteiger charge is 2.22. The number of pyridine rings is 1. The Morgan fingerprint density at radius 1 is 1.38 bits per heavy atom. The number of nitrogens with zero attached hydrogens (tertiary/aromatic N) is 1. The van der Waals surface area contributed by atoms with Gasteiger partial charge in [0.05, 0.1) is 17.9 Å². The van der Waals surface area contributed by atoms with Gasteiger partial charge in [0.15, 0.2) is 0 Å². The van der Waals surface area contributed by atoms with Crippen molar-refractivity contribution in [1.82, 2.24) is 4.57 Å². The number of esters is 1. The molecule has 1 aromatic heterocycles. The topological polar surface area (TPSA) is 82.4 Å². The Balaban J connectivity index is 3.44. The van der Waals surface area contributed by atoms with Gasteiger partial charge >= 0.3 is 5.97 Å². The largest absolute Gasteiger partial charge is 0.462 e. The van der Waals surface area contributed by atoms with E-state index in [-0.39, 0.29) is 17.9 Å². The molecule has 0 bridgehead atoms. The van der Waals surface area contributed by atoms with Crippen molar-refractivity contribution in [3.05, 3.63) is 33.2 Å². The molecule has 0 spiro atoms. The van der Waals surface area contributed by atoms with Crippen LogP contribution in [-0.2, 0) is 14.6 Å². The molecule has 6 nitrogen and oxygen atoms in total. The first-order valence-electron chi connectivity index (χ1n) is 6.66. The standard InChI is InChI=1S/C14H21NO5S/c1-6-20-14(17)13-9(2)7-12(16)15(11(13)4)10(3)8-21(5,18)19/h7,10H,6,8H2,1-5H3. The maximum Gasteiger partial charge on any atom is 0.340 e. The number of hydrogen-bond donors (Lipinski definition) is 0. The fraction of sp³-hybridized carbons (Fsp3) is 0.571. The molecular formula is C14H21NO5S. The summed E-state index contributed by atoms with van der Waals surface area (Å²) in [6.45, 7) is 6.85. The number of hydrogen-bond acceptors (Lipinski definition) is 5. The molecule has 118 valence electrons. The molecule has 1 heterocycles. The molecule has 0 saturated carbocycles. The van der Waals surface area contributed by atoms with Crippen LogP contribution in [0, 0.1) is 13.8 Å². The van der Waals surface area contributed by atoms with Gasteiger partial charge in [-0.2, -0.15) is 0 Å². The molecule has 1 rings (SSSR count). The minimum Gasteiger partial charge on any atom is -0.462 e. The third kappa shape index (κ3) is 4.17. The van der Waals surface area contributed by atoms with Gasteiger partial charge in [-0.15, -0.1) is 0 Å². The van der Waals surface area contributed by atoms with Gasteiger partial charge in [-0.3, -0.25) is 4.79 Å². The first-order chi connectivity index (χ1) is 9.58. The van der Waals surface area contributed by atoms with Gasteiger partial charge in [0, 0.05) is 24.1 Å². The Morgan fingerprint density at radius 3 is 2.43 bits per heavy atom. The van der Waals surface area contributed by atoms with Crippen LogP contribution in [-0.4, -0.2) is 37.6 Å². The van der Waals surface area contributed by atoms with E-state index in [1.165, 1.54) is 10.6 Å². The van der Waals surface area contributed by atoms with Crippen LogP contribution in [0.15, 0.2) is 10.9 Å². The molecule has 1 aromatic rings.